The fourth-order valence-electron chi connectivity index (χ4n) is 1.53. The van der Waals surface area contributed by atoms with E-state index in [2.05, 4.69) is 9.97 Å². The second-order valence-corrected chi connectivity index (χ2v) is 4.69. The number of nitrogens with zero attached hydrogens (tertiary/aromatic N) is 2. The molecule has 0 unspecified atom stereocenters. The molecule has 0 aliphatic rings. The summed E-state index contributed by atoms with van der Waals surface area (Å²) in [5, 5.41) is 0.717. The lowest BCUT2D eigenvalue weighted by molar-refractivity contribution is -0.126. The van der Waals surface area contributed by atoms with Gasteiger partial charge in [-0.15, -0.1) is 11.3 Å². The molecule has 0 spiro atoms. The maximum atomic E-state index is 12.2. The summed E-state index contributed by atoms with van der Waals surface area (Å²) in [7, 11) is 0. The quantitative estimate of drug-likeness (QED) is 0.770. The van der Waals surface area contributed by atoms with Crippen LogP contribution in [0.2, 0.25) is 0 Å². The summed E-state index contributed by atoms with van der Waals surface area (Å²) in [5.74, 6) is 0.588. The van der Waals surface area contributed by atoms with Crippen molar-refractivity contribution in [2.75, 3.05) is 0 Å². The Morgan fingerprint density at radius 1 is 1.25 bits per heavy atom. The number of hydrogen-bond acceptors (Lipinski definition) is 3. The number of aromatic nitrogens is 2. The summed E-state index contributed by atoms with van der Waals surface area (Å²) in [5.41, 5.74) is 0.729. The van der Waals surface area contributed by atoms with Gasteiger partial charge in [0, 0.05) is 16.0 Å². The van der Waals surface area contributed by atoms with E-state index < -0.39 is 12.6 Å². The molecule has 0 atom stereocenters. The number of fused-ring (bicyclic) bond motifs is 1. The molecule has 86 valence electrons. The zero-order chi connectivity index (χ0) is 11.9. The SMILES string of the molecule is Cc1nc(C)c2cc(CC(F)(F)F)sc2n1. The highest BCUT2D eigenvalue weighted by molar-refractivity contribution is 7.18. The summed E-state index contributed by atoms with van der Waals surface area (Å²) in [4.78, 5) is 9.16. The number of thiophene rings is 1. The Labute approximate surface area is 94.1 Å². The number of aryl methyl sites for hydroxylation is 2. The van der Waals surface area contributed by atoms with Crippen LogP contribution in [0.15, 0.2) is 6.07 Å². The number of alkyl halides is 3. The Balaban J connectivity index is 2.48. The van der Waals surface area contributed by atoms with Gasteiger partial charge in [-0.2, -0.15) is 13.2 Å². The summed E-state index contributed by atoms with van der Waals surface area (Å²) >= 11 is 1.08. The van der Waals surface area contributed by atoms with E-state index >= 15 is 0 Å². The molecule has 0 saturated carbocycles. The minimum atomic E-state index is -4.17. The Kier molecular flexibility index (Phi) is 2.61. The molecule has 2 aromatic heterocycles. The zero-order valence-electron chi connectivity index (χ0n) is 8.72. The molecule has 0 fully saturated rings. The van der Waals surface area contributed by atoms with Gasteiger partial charge in [0.2, 0.25) is 0 Å². The summed E-state index contributed by atoms with van der Waals surface area (Å²) in [6.45, 7) is 3.51. The molecule has 0 saturated heterocycles. The van der Waals surface area contributed by atoms with Crippen LogP contribution >= 0.6 is 11.3 Å². The lowest BCUT2D eigenvalue weighted by Gasteiger charge is -2.01. The number of halogens is 3. The van der Waals surface area contributed by atoms with Crippen molar-refractivity contribution in [1.29, 1.82) is 0 Å². The smallest absolute Gasteiger partial charge is 0.238 e. The lowest BCUT2D eigenvalue weighted by atomic mass is 10.2. The molecule has 2 aromatic rings. The van der Waals surface area contributed by atoms with Gasteiger partial charge >= 0.3 is 6.18 Å². The van der Waals surface area contributed by atoms with Gasteiger partial charge in [0.25, 0.3) is 0 Å². The predicted octanol–water partition coefficient (Wildman–Crippen LogP) is 3.41. The second kappa shape index (κ2) is 3.69. The summed E-state index contributed by atoms with van der Waals surface area (Å²) in [6, 6.07) is 1.53. The Bertz CT molecular complexity index is 531. The summed E-state index contributed by atoms with van der Waals surface area (Å²) in [6.07, 6.45) is -5.07. The molecular formula is C10H9F3N2S. The lowest BCUT2D eigenvalue weighted by Crippen LogP contribution is -2.09. The number of rotatable bonds is 1. The minimum absolute atomic E-state index is 0.283. The van der Waals surface area contributed by atoms with Gasteiger partial charge in [-0.1, -0.05) is 0 Å². The van der Waals surface area contributed by atoms with Crippen molar-refractivity contribution in [3.05, 3.63) is 22.5 Å². The van der Waals surface area contributed by atoms with Gasteiger partial charge in [-0.25, -0.2) is 9.97 Å². The number of hydrogen-bond donors (Lipinski definition) is 0. The molecule has 0 aliphatic heterocycles. The van der Waals surface area contributed by atoms with E-state index in [1.807, 2.05) is 0 Å². The van der Waals surface area contributed by atoms with Crippen molar-refractivity contribution >= 4 is 21.6 Å². The van der Waals surface area contributed by atoms with Gasteiger partial charge < -0.3 is 0 Å². The minimum Gasteiger partial charge on any atom is -0.238 e. The predicted molar refractivity (Wildman–Crippen MR) is 56.6 cm³/mol. The van der Waals surface area contributed by atoms with Gasteiger partial charge in [0.05, 0.1) is 6.42 Å². The Morgan fingerprint density at radius 2 is 1.94 bits per heavy atom. The molecule has 16 heavy (non-hydrogen) atoms. The van der Waals surface area contributed by atoms with Crippen LogP contribution in [-0.4, -0.2) is 16.1 Å². The van der Waals surface area contributed by atoms with Crippen LogP contribution in [0, 0.1) is 13.8 Å². The third-order valence-electron chi connectivity index (χ3n) is 2.12. The maximum Gasteiger partial charge on any atom is 0.393 e. The van der Waals surface area contributed by atoms with Gasteiger partial charge in [-0.05, 0) is 19.9 Å². The highest BCUT2D eigenvalue weighted by atomic mass is 32.1. The zero-order valence-corrected chi connectivity index (χ0v) is 9.54. The van der Waals surface area contributed by atoms with E-state index in [4.69, 9.17) is 0 Å². The van der Waals surface area contributed by atoms with E-state index in [9.17, 15) is 13.2 Å². The third-order valence-corrected chi connectivity index (χ3v) is 3.15. The fraction of sp³-hybridized carbons (Fsp3) is 0.400. The first-order valence-corrected chi connectivity index (χ1v) is 5.47. The van der Waals surface area contributed by atoms with E-state index in [1.165, 1.54) is 6.07 Å². The average molecular weight is 246 g/mol. The van der Waals surface area contributed by atoms with Gasteiger partial charge in [0.15, 0.2) is 0 Å². The first-order chi connectivity index (χ1) is 7.35. The van der Waals surface area contributed by atoms with Crippen LogP contribution in [0.1, 0.15) is 16.4 Å². The first-order valence-electron chi connectivity index (χ1n) is 4.65. The normalized spacial score (nSPS) is 12.3. The molecule has 0 aliphatic carbocycles. The van der Waals surface area contributed by atoms with Crippen molar-refractivity contribution in [2.45, 2.75) is 26.4 Å². The average Bonchev–Trinajstić information content (AvgIpc) is 2.43. The fourth-order valence-corrected chi connectivity index (χ4v) is 2.69. The molecule has 0 bridgehead atoms. The van der Waals surface area contributed by atoms with Crippen LogP contribution in [-0.2, 0) is 6.42 Å². The molecule has 0 amide bonds. The Hall–Kier alpha value is -1.17. The highest BCUT2D eigenvalue weighted by Crippen LogP contribution is 2.30. The van der Waals surface area contributed by atoms with Crippen LogP contribution in [0.4, 0.5) is 13.2 Å². The van der Waals surface area contributed by atoms with E-state index in [0.29, 0.717) is 10.7 Å². The second-order valence-electron chi connectivity index (χ2n) is 3.58. The van der Waals surface area contributed by atoms with Crippen molar-refractivity contribution in [3.63, 3.8) is 0 Å². The van der Waals surface area contributed by atoms with Crippen LogP contribution in [0.5, 0.6) is 0 Å². The van der Waals surface area contributed by atoms with Crippen molar-refractivity contribution in [3.8, 4) is 0 Å². The summed E-state index contributed by atoms with van der Waals surface area (Å²) < 4.78 is 36.7. The molecule has 2 nitrogen and oxygen atoms in total. The highest BCUT2D eigenvalue weighted by Gasteiger charge is 2.28. The van der Waals surface area contributed by atoms with Crippen molar-refractivity contribution < 1.29 is 13.2 Å². The van der Waals surface area contributed by atoms with Crippen LogP contribution < -0.4 is 0 Å². The largest absolute Gasteiger partial charge is 0.393 e. The molecule has 6 heteroatoms. The monoisotopic (exact) mass is 246 g/mol. The molecule has 2 heterocycles. The molecule has 2 rings (SSSR count). The molecule has 0 radical (unpaired) electrons. The molecule has 0 N–H and O–H groups in total. The van der Waals surface area contributed by atoms with E-state index in [1.54, 1.807) is 13.8 Å². The van der Waals surface area contributed by atoms with Gasteiger partial charge in [0.1, 0.15) is 10.7 Å². The van der Waals surface area contributed by atoms with Crippen molar-refractivity contribution in [2.24, 2.45) is 0 Å². The third kappa shape index (κ3) is 2.32. The molecular weight excluding hydrogens is 237 g/mol. The Morgan fingerprint density at radius 3 is 2.56 bits per heavy atom. The first kappa shape index (κ1) is 11.3. The van der Waals surface area contributed by atoms with E-state index in [-0.39, 0.29) is 4.88 Å². The standard InChI is InChI=1S/C10H9F3N2S/c1-5-8-3-7(4-10(11,12)13)16-9(8)15-6(2)14-5/h3H,4H2,1-2H3. The van der Waals surface area contributed by atoms with E-state index in [0.717, 1.165) is 22.4 Å². The topological polar surface area (TPSA) is 25.8 Å². The van der Waals surface area contributed by atoms with Crippen LogP contribution in [0.25, 0.3) is 10.2 Å². The molecule has 0 aromatic carbocycles. The van der Waals surface area contributed by atoms with Crippen molar-refractivity contribution in [1.82, 2.24) is 9.97 Å². The van der Waals surface area contributed by atoms with Crippen LogP contribution in [0.3, 0.4) is 0 Å². The maximum absolute atomic E-state index is 12.2. The van der Waals surface area contributed by atoms with Gasteiger partial charge in [-0.3, -0.25) is 0 Å².